The second-order valence-electron chi connectivity index (χ2n) is 10.5. The number of rotatable bonds is 3. The minimum Gasteiger partial charge on any atom is -0.351 e. The first-order valence-corrected chi connectivity index (χ1v) is 14.9. The lowest BCUT2D eigenvalue weighted by atomic mass is 9.76. The standard InChI is InChI=1S/C27H31Br2ClN4O3/c28-20-12-19-2-1-18-13-21(30)14-22(29)24(18)25(26(19)34(37)15-20)17-5-9-32(10-6-17)23(35)11-16-3-7-33(8-4-16)27(31)36/h12-17,25H,1-11H2,(H2-,31,36,37)/p+1/t25-/m1/s1. The molecule has 0 unspecified atom stereocenters. The zero-order valence-corrected chi connectivity index (χ0v) is 24.6. The van der Waals surface area contributed by atoms with E-state index in [0.717, 1.165) is 58.7 Å². The summed E-state index contributed by atoms with van der Waals surface area (Å²) in [5.74, 6) is 0.767. The lowest BCUT2D eigenvalue weighted by Gasteiger charge is -2.37. The van der Waals surface area contributed by atoms with Crippen molar-refractivity contribution in [3.8, 4) is 0 Å². The number of likely N-dealkylation sites (tertiary alicyclic amines) is 2. The molecular formula is C27H32Br2ClN4O3+. The molecule has 3 N–H and O–H groups in total. The first-order chi connectivity index (χ1) is 17.7. The molecule has 1 aliphatic carbocycles. The molecule has 10 heteroatoms. The summed E-state index contributed by atoms with van der Waals surface area (Å²) in [5.41, 5.74) is 9.84. The largest absolute Gasteiger partial charge is 0.351 e. The van der Waals surface area contributed by atoms with Crippen LogP contribution in [0.3, 0.4) is 0 Å². The molecule has 2 aliphatic heterocycles. The van der Waals surface area contributed by atoms with Crippen LogP contribution in [0.1, 0.15) is 60.4 Å². The van der Waals surface area contributed by atoms with Crippen molar-refractivity contribution in [2.75, 3.05) is 26.2 Å². The summed E-state index contributed by atoms with van der Waals surface area (Å²) in [7, 11) is 0. The van der Waals surface area contributed by atoms with Crippen LogP contribution in [0, 0.1) is 11.8 Å². The van der Waals surface area contributed by atoms with E-state index in [-0.39, 0.29) is 23.8 Å². The van der Waals surface area contributed by atoms with Crippen LogP contribution in [0.5, 0.6) is 0 Å². The number of fused-ring (bicyclic) bond motifs is 2. The second kappa shape index (κ2) is 11.1. The van der Waals surface area contributed by atoms with Gasteiger partial charge in [0.1, 0.15) is 0 Å². The molecule has 3 aliphatic rings. The van der Waals surface area contributed by atoms with Gasteiger partial charge in [-0.05, 0) is 95.6 Å². The maximum Gasteiger partial charge on any atom is 0.314 e. The number of benzene rings is 1. The molecule has 1 atom stereocenters. The number of carbonyl (C=O) groups is 2. The van der Waals surface area contributed by atoms with Crippen LogP contribution in [0.25, 0.3) is 0 Å². The van der Waals surface area contributed by atoms with Gasteiger partial charge in [0.15, 0.2) is 0 Å². The van der Waals surface area contributed by atoms with Gasteiger partial charge in [-0.25, -0.2) is 4.79 Å². The van der Waals surface area contributed by atoms with E-state index in [0.29, 0.717) is 43.5 Å². The van der Waals surface area contributed by atoms with E-state index in [1.165, 1.54) is 15.9 Å². The molecule has 0 bridgehead atoms. The van der Waals surface area contributed by atoms with Gasteiger partial charge >= 0.3 is 6.03 Å². The van der Waals surface area contributed by atoms with Crippen LogP contribution in [0.2, 0.25) is 5.02 Å². The van der Waals surface area contributed by atoms with Crippen LogP contribution in [0.4, 0.5) is 4.79 Å². The van der Waals surface area contributed by atoms with Gasteiger partial charge in [-0.1, -0.05) is 27.5 Å². The maximum atomic E-state index is 13.1. The number of halogens is 3. The molecular weight excluding hydrogens is 624 g/mol. The van der Waals surface area contributed by atoms with Gasteiger partial charge in [0, 0.05) is 52.4 Å². The van der Waals surface area contributed by atoms with Crippen LogP contribution >= 0.6 is 43.5 Å². The molecule has 0 spiro atoms. The van der Waals surface area contributed by atoms with Gasteiger partial charge in [0.05, 0.1) is 10.4 Å². The third-order valence-electron chi connectivity index (χ3n) is 8.34. The fourth-order valence-corrected chi connectivity index (χ4v) is 8.02. The predicted octanol–water partition coefficient (Wildman–Crippen LogP) is 5.04. The molecule has 1 aromatic carbocycles. The highest BCUT2D eigenvalue weighted by atomic mass is 79.9. The Morgan fingerprint density at radius 1 is 1.00 bits per heavy atom. The van der Waals surface area contributed by atoms with E-state index in [4.69, 9.17) is 17.3 Å². The summed E-state index contributed by atoms with van der Waals surface area (Å²) in [4.78, 5) is 28.2. The third-order valence-corrected chi connectivity index (χ3v) is 9.64. The highest BCUT2D eigenvalue weighted by Crippen LogP contribution is 2.45. The number of hydrogen-bond acceptors (Lipinski definition) is 3. The van der Waals surface area contributed by atoms with Gasteiger partial charge in [-0.3, -0.25) is 10.0 Å². The van der Waals surface area contributed by atoms with Crippen molar-refractivity contribution in [1.82, 2.24) is 9.80 Å². The lowest BCUT2D eigenvalue weighted by molar-refractivity contribution is -0.911. The number of primary amides is 1. The maximum absolute atomic E-state index is 13.1. The number of piperidine rings is 2. The molecule has 2 saturated heterocycles. The number of aryl methyl sites for hydroxylation is 2. The first kappa shape index (κ1) is 26.8. The number of amides is 3. The fraction of sp³-hybridized carbons (Fsp3) is 0.519. The van der Waals surface area contributed by atoms with Gasteiger partial charge in [-0.2, -0.15) is 0 Å². The van der Waals surface area contributed by atoms with Gasteiger partial charge in [0.2, 0.25) is 17.8 Å². The van der Waals surface area contributed by atoms with E-state index in [9.17, 15) is 14.8 Å². The Kier molecular flexibility index (Phi) is 8.03. The van der Waals surface area contributed by atoms with Gasteiger partial charge < -0.3 is 15.5 Å². The number of pyridine rings is 1. The first-order valence-electron chi connectivity index (χ1n) is 12.9. The molecule has 37 heavy (non-hydrogen) atoms. The lowest BCUT2D eigenvalue weighted by Crippen LogP contribution is -2.45. The Labute approximate surface area is 239 Å². The van der Waals surface area contributed by atoms with Crippen molar-refractivity contribution in [3.63, 3.8) is 0 Å². The van der Waals surface area contributed by atoms with Crippen LogP contribution in [-0.4, -0.2) is 53.1 Å². The minimum atomic E-state index is -0.376. The van der Waals surface area contributed by atoms with Gasteiger partial charge in [-0.15, -0.1) is 0 Å². The second-order valence-corrected chi connectivity index (χ2v) is 12.7. The fourth-order valence-electron chi connectivity index (χ4n) is 6.43. The molecule has 2 aromatic rings. The highest BCUT2D eigenvalue weighted by Gasteiger charge is 2.41. The van der Waals surface area contributed by atoms with Crippen molar-refractivity contribution in [2.24, 2.45) is 17.6 Å². The van der Waals surface area contributed by atoms with Crippen molar-refractivity contribution >= 4 is 55.4 Å². The SMILES string of the molecule is NC(=O)N1CCC(CC(=O)N2CCC([C@@H]3c4c(Br)cc(Cl)cc4CCc4cc(Br)c[n+](O)c43)CC2)CC1. The third kappa shape index (κ3) is 5.64. The average molecular weight is 656 g/mol. The van der Waals surface area contributed by atoms with Crippen LogP contribution in [-0.2, 0) is 17.6 Å². The number of carbonyl (C=O) groups excluding carboxylic acids is 2. The molecule has 1 aromatic heterocycles. The van der Waals surface area contributed by atoms with Crippen molar-refractivity contribution in [2.45, 2.75) is 50.9 Å². The molecule has 3 heterocycles. The number of hydrogen-bond donors (Lipinski definition) is 2. The summed E-state index contributed by atoms with van der Waals surface area (Å²) in [6.45, 7) is 2.67. The summed E-state index contributed by atoms with van der Waals surface area (Å²) in [6, 6.07) is 5.73. The number of nitrogens with zero attached hydrogens (tertiary/aromatic N) is 3. The number of urea groups is 1. The quantitative estimate of drug-likeness (QED) is 0.359. The summed E-state index contributed by atoms with van der Waals surface area (Å²) in [5, 5.41) is 11.8. The van der Waals surface area contributed by atoms with E-state index < -0.39 is 0 Å². The Balaban J connectivity index is 1.34. The molecule has 7 nitrogen and oxygen atoms in total. The molecule has 0 saturated carbocycles. The van der Waals surface area contributed by atoms with Crippen LogP contribution < -0.4 is 10.5 Å². The van der Waals surface area contributed by atoms with Crippen molar-refractivity contribution in [3.05, 3.63) is 60.7 Å². The average Bonchev–Trinajstić information content (AvgIpc) is 3.02. The molecule has 3 amide bonds. The smallest absolute Gasteiger partial charge is 0.314 e. The Morgan fingerprint density at radius 2 is 1.65 bits per heavy atom. The van der Waals surface area contributed by atoms with Gasteiger partial charge in [0.25, 0.3) is 0 Å². The normalized spacial score (nSPS) is 20.8. The molecule has 0 radical (unpaired) electrons. The Bertz CT molecular complexity index is 1150. The number of aromatic nitrogens is 1. The number of nitrogens with two attached hydrogens (primary N) is 1. The monoisotopic (exact) mass is 653 g/mol. The van der Waals surface area contributed by atoms with Crippen molar-refractivity contribution in [1.29, 1.82) is 0 Å². The zero-order chi connectivity index (χ0) is 26.3. The predicted molar refractivity (Wildman–Crippen MR) is 148 cm³/mol. The van der Waals surface area contributed by atoms with Crippen LogP contribution in [0.15, 0.2) is 33.3 Å². The van der Waals surface area contributed by atoms with Crippen molar-refractivity contribution < 1.29 is 19.5 Å². The Hall–Kier alpha value is -1.84. The highest BCUT2D eigenvalue weighted by molar-refractivity contribution is 9.10. The summed E-state index contributed by atoms with van der Waals surface area (Å²) < 4.78 is 3.10. The zero-order valence-electron chi connectivity index (χ0n) is 20.6. The molecule has 5 rings (SSSR count). The molecule has 2 fully saturated rings. The summed E-state index contributed by atoms with van der Waals surface area (Å²) >= 11 is 13.8. The topological polar surface area (TPSA) is 90.8 Å². The van der Waals surface area contributed by atoms with E-state index >= 15 is 0 Å². The molecule has 198 valence electrons. The van der Waals surface area contributed by atoms with E-state index in [1.807, 2.05) is 11.0 Å². The van der Waals surface area contributed by atoms with E-state index in [2.05, 4.69) is 44.0 Å². The minimum absolute atomic E-state index is 0.00683. The summed E-state index contributed by atoms with van der Waals surface area (Å²) in [6.07, 6.45) is 7.27. The Morgan fingerprint density at radius 3 is 2.32 bits per heavy atom. The van der Waals surface area contributed by atoms with E-state index in [1.54, 1.807) is 11.1 Å².